The molecule has 0 aliphatic carbocycles. The van der Waals surface area contributed by atoms with Gasteiger partial charge >= 0.3 is 0 Å². The maximum atomic E-state index is 0. The highest BCUT2D eigenvalue weighted by Crippen LogP contribution is 0.423. The van der Waals surface area contributed by atoms with Gasteiger partial charge < -0.3 is 0 Å². The number of rotatable bonds is 0. The van der Waals surface area contributed by atoms with Crippen LogP contribution in [0, 0.1) is 0 Å². The van der Waals surface area contributed by atoms with Crippen LogP contribution in [0.1, 0.15) is 0 Å². The van der Waals surface area contributed by atoms with Crippen LogP contribution in [0.3, 0.4) is 0 Å². The summed E-state index contributed by atoms with van der Waals surface area (Å²) in [5, 5.41) is 0. The first kappa shape index (κ1) is 13300. The molecule has 0 aliphatic rings. The zero-order chi connectivity index (χ0) is 0. The van der Waals surface area contributed by atoms with Gasteiger partial charge in [-0.25, -0.2) is 0 Å². The van der Waals surface area contributed by atoms with Crippen molar-refractivity contribution in [1.29, 1.82) is 0 Å². The van der Waals surface area contributed by atoms with Gasteiger partial charge in [-0.1, -0.05) is 0 Å². The predicted octanol–water partition coefficient (Wildman–Crippen LogP) is -1.32. The molecule has 1 nitrogen and oxygen atoms in total. The van der Waals surface area contributed by atoms with E-state index in [1.807, 2.05) is 0 Å². The van der Waals surface area contributed by atoms with Crippen molar-refractivity contribution in [3.63, 3.8) is 0 Å². The number of hydrogen-bond acceptors (Lipinski definition) is 0. The fourth-order valence-corrected chi connectivity index (χ4v) is 0. The van der Waals surface area contributed by atoms with Crippen molar-refractivity contribution < 1.29 is 18.8 Å². The van der Waals surface area contributed by atoms with Gasteiger partial charge in [-0.3, -0.25) is 18.8 Å². The van der Waals surface area contributed by atoms with E-state index >= 15 is 0 Å². The highest BCUT2D eigenvalue weighted by molar-refractivity contribution is 5.75. The van der Waals surface area contributed by atoms with E-state index in [0.717, 1.165) is 0 Å². The lowest BCUT2D eigenvalue weighted by molar-refractivity contribution is 1.11. The first-order valence-electron chi connectivity index (χ1n) is 0. The van der Waals surface area contributed by atoms with Crippen LogP contribution < -0.4 is 6.15 Å². The average Bonchev–Trinajstić information content (AvgIpc) is 0. The average molecular weight is 126 g/mol. The lowest BCUT2D eigenvalue weighted by Gasteiger charge is -0.270. The minimum absolute atomic E-state index is 0. The summed E-state index contributed by atoms with van der Waals surface area (Å²) in [6.45, 7) is 0. The lowest BCUT2D eigenvalue weighted by atomic mass is 14.0. The van der Waals surface area contributed by atoms with E-state index in [-0.39, 0.29) is 35.9 Å². The Labute approximate surface area is 37.2 Å². The predicted molar refractivity (Wildman–Crippen MR) is 23.5 cm³/mol. The third-order valence-corrected chi connectivity index (χ3v) is 0. The van der Waals surface area contributed by atoms with Crippen LogP contribution in [0.5, 0.6) is 0 Å². The van der Waals surface area contributed by atoms with Gasteiger partial charge in [0.2, 0.25) is 0 Å². The lowest BCUT2D eigenvalue weighted by Crippen LogP contribution is -0.481. The van der Waals surface area contributed by atoms with Crippen LogP contribution in [0.15, 0.2) is 0 Å². The molecule has 6 heteroatoms. The Hall–Kier alpha value is -0.103. The molecule has 0 aromatic rings. The van der Waals surface area contributed by atoms with Gasteiger partial charge in [0.15, 0.2) is 0 Å². The third kappa shape index (κ3) is 3080. The summed E-state index contributed by atoms with van der Waals surface area (Å²) < 4.78 is 0. The monoisotopic (exact) mass is 126 g/mol. The van der Waals surface area contributed by atoms with Crippen molar-refractivity contribution in [1.82, 2.24) is 6.15 Å². The van der Waals surface area contributed by atoms with Crippen LogP contribution in [-0.2, 0) is 0 Å². The van der Waals surface area contributed by atoms with Crippen LogP contribution in [0.25, 0.3) is 0 Å². The Morgan fingerprint density at radius 3 is 0.500 bits per heavy atom. The highest BCUT2D eigenvalue weighted by atomic mass is 28.1. The van der Waals surface area contributed by atoms with Crippen LogP contribution in [-0.4, -0.2) is 11.0 Å². The summed E-state index contributed by atoms with van der Waals surface area (Å²) >= 11 is 0. The van der Waals surface area contributed by atoms with Gasteiger partial charge in [-0.15, -0.1) is 0 Å². The van der Waals surface area contributed by atoms with Crippen molar-refractivity contribution in [3.05, 3.63) is 0 Å². The van der Waals surface area contributed by atoms with Gasteiger partial charge in [-0.2, -0.15) is 0 Å². The maximum absolute atomic E-state index is 0. The first-order chi connectivity index (χ1) is 0. The normalized spacial score (nSPS) is 0. The molecule has 0 bridgehead atoms. The summed E-state index contributed by atoms with van der Waals surface area (Å²) in [6, 6.07) is 0. The molecule has 0 aromatic heterocycles. The molecule has 45 valence electrons. The Balaban J connectivity index is 0. The molecule has 0 N–H and O–H groups in total. The van der Waals surface area contributed by atoms with E-state index in [4.69, 9.17) is 0 Å². The SMILES string of the molecule is F.F.F.F.[N].[SiH4]. The summed E-state index contributed by atoms with van der Waals surface area (Å²) in [7, 11) is 0. The highest BCUT2D eigenvalue weighted by Gasteiger charge is 0.0000841. The summed E-state index contributed by atoms with van der Waals surface area (Å²) in [5.41, 5.74) is 0. The Kier molecular flexibility index (Phi) is 15500000. The first-order valence-corrected chi connectivity index (χ1v) is 0. The number of nitrogens with zero attached hydrogens (tertiary/aromatic N) is 1. The molecule has 0 aromatic carbocycles. The molecule has 6 heavy (non-hydrogen) atoms. The summed E-state index contributed by atoms with van der Waals surface area (Å²) in [4.78, 5) is 0. The minimum atomic E-state index is 0. The molecule has 0 saturated carbocycles. The van der Waals surface area contributed by atoms with Crippen molar-refractivity contribution in [2.24, 2.45) is 0 Å². The van der Waals surface area contributed by atoms with E-state index in [0.29, 0.717) is 0 Å². The quantitative estimate of drug-likeness (QED) is 0.285. The van der Waals surface area contributed by atoms with E-state index in [2.05, 4.69) is 0 Å². The third-order valence-electron chi connectivity index (χ3n) is 0. The van der Waals surface area contributed by atoms with Crippen molar-refractivity contribution in [3.8, 4) is 0 Å². The van der Waals surface area contributed by atoms with Crippen molar-refractivity contribution >= 4 is 11.0 Å². The second-order valence-corrected chi connectivity index (χ2v) is 0. The largest absolute Gasteiger partial charge is 0.269 e. The minimum Gasteiger partial charge on any atom is -0.269 e. The van der Waals surface area contributed by atoms with Gasteiger partial charge in [0.25, 0.3) is 0 Å². The second-order valence-electron chi connectivity index (χ2n) is 0. The smallest absolute Gasteiger partial charge is 0 e. The van der Waals surface area contributed by atoms with Crippen LogP contribution >= 0.6 is 0 Å². The summed E-state index contributed by atoms with van der Waals surface area (Å²) in [6.07, 6.45) is 0. The molecule has 0 heterocycles. The Morgan fingerprint density at radius 1 is 0.500 bits per heavy atom. The molecule has 0 saturated heterocycles. The van der Waals surface area contributed by atoms with E-state index in [1.165, 1.54) is 0 Å². The molecule has 0 spiro atoms. The fourth-order valence-electron chi connectivity index (χ4n) is 0. The van der Waals surface area contributed by atoms with E-state index in [9.17, 15) is 0 Å². The standard InChI is InChI=1S/4FH.N.H4Si/h4*1H;;1H4. The fraction of sp³-hybridized carbons (Fsp3) is 0. The van der Waals surface area contributed by atoms with E-state index in [1.54, 1.807) is 0 Å². The topological polar surface area (TPSA) is 30.5 Å². The van der Waals surface area contributed by atoms with Crippen LogP contribution in [0.2, 0.25) is 0 Å². The zero-order valence-electron chi connectivity index (χ0n) is 2.08. The van der Waals surface area contributed by atoms with Gasteiger partial charge in [0, 0.05) is 6.15 Å². The maximum Gasteiger partial charge on any atom is 0 e. The van der Waals surface area contributed by atoms with Crippen molar-refractivity contribution in [2.75, 3.05) is 0 Å². The Morgan fingerprint density at radius 2 is 0.500 bits per heavy atom. The number of hydrogen-bond donors (Lipinski definition) is 0. The molecule has 0 unspecified atom stereocenters. The molecular formula is H8F4NSi. The van der Waals surface area contributed by atoms with Crippen LogP contribution in [0.4, 0.5) is 18.8 Å². The van der Waals surface area contributed by atoms with Gasteiger partial charge in [-0.05, 0) is 11.0 Å². The Bertz CT molecular complexity index is 7.51. The van der Waals surface area contributed by atoms with E-state index < -0.39 is 0 Å². The van der Waals surface area contributed by atoms with Gasteiger partial charge in [0.1, 0.15) is 0 Å². The zero-order valence-corrected chi connectivity index (χ0v) is 2.08. The molecule has 0 aliphatic heterocycles. The van der Waals surface area contributed by atoms with Crippen molar-refractivity contribution in [2.45, 2.75) is 0 Å². The molecule has 0 rings (SSSR count). The molecular weight excluding hydrogens is 118 g/mol. The molecule has 0 atom stereocenters. The summed E-state index contributed by atoms with van der Waals surface area (Å²) in [5.74, 6) is 0. The second kappa shape index (κ2) is 6990. The number of halogens is 4. The molecule has 0 amide bonds. The molecule has 0 fully saturated rings. The van der Waals surface area contributed by atoms with Gasteiger partial charge in [0.05, 0.1) is 0 Å². The molecule has 3 radical (unpaired) electrons.